The zero-order valence-electron chi connectivity index (χ0n) is 37.1. The number of aryl methyl sites for hydroxylation is 1. The Bertz CT molecular complexity index is 2330. The summed E-state index contributed by atoms with van der Waals surface area (Å²) in [4.78, 5) is 69.6. The molecule has 4 aromatic rings. The van der Waals surface area contributed by atoms with Gasteiger partial charge in [0.15, 0.2) is 0 Å². The fourth-order valence-electron chi connectivity index (χ4n) is 9.60. The van der Waals surface area contributed by atoms with Crippen LogP contribution in [-0.2, 0) is 48.0 Å². The zero-order valence-corrected chi connectivity index (χ0v) is 37.9. The summed E-state index contributed by atoms with van der Waals surface area (Å²) < 4.78 is 20.0. The summed E-state index contributed by atoms with van der Waals surface area (Å²) in [5.74, 6) is -1.53. The molecular weight excluding hydrogens is 809 g/mol. The number of methoxy groups -OCH3 is 1. The van der Waals surface area contributed by atoms with Crippen molar-refractivity contribution in [1.82, 2.24) is 40.1 Å². The number of nitrogens with one attached hydrogen (secondary N) is 2. The van der Waals surface area contributed by atoms with E-state index in [9.17, 15) is 19.2 Å². The van der Waals surface area contributed by atoms with Crippen LogP contribution >= 0.6 is 11.3 Å². The molecule has 4 amide bonds. The van der Waals surface area contributed by atoms with Gasteiger partial charge in [-0.1, -0.05) is 33.8 Å². The van der Waals surface area contributed by atoms with Gasteiger partial charge in [-0.05, 0) is 68.9 Å². The van der Waals surface area contributed by atoms with Gasteiger partial charge in [0.05, 0.1) is 47.0 Å². The molecule has 2 N–H and O–H groups in total. The molecule has 6 atom stereocenters. The van der Waals surface area contributed by atoms with Gasteiger partial charge in [0.2, 0.25) is 5.91 Å². The van der Waals surface area contributed by atoms with Crippen molar-refractivity contribution in [1.29, 1.82) is 0 Å². The number of thiazole rings is 1. The van der Waals surface area contributed by atoms with Crippen molar-refractivity contribution >= 4 is 46.1 Å². The number of hydrogen-bond acceptors (Lipinski definition) is 11. The fraction of sp³-hybridized carbons (Fsp3) is 0.565. The summed E-state index contributed by atoms with van der Waals surface area (Å²) in [5, 5.41) is 8.20. The second-order valence-corrected chi connectivity index (χ2v) is 19.3. The van der Waals surface area contributed by atoms with Crippen molar-refractivity contribution in [2.75, 3.05) is 40.4 Å². The minimum atomic E-state index is -1.04. The highest BCUT2D eigenvalue weighted by atomic mass is 32.1. The Labute approximate surface area is 367 Å². The third kappa shape index (κ3) is 8.58. The number of esters is 1. The number of amides is 4. The van der Waals surface area contributed by atoms with Gasteiger partial charge in [0.25, 0.3) is 5.91 Å². The van der Waals surface area contributed by atoms with Crippen LogP contribution in [0.5, 0.6) is 0 Å². The first-order valence-electron chi connectivity index (χ1n) is 22.0. The average Bonchev–Trinajstić information content (AvgIpc) is 3.85. The van der Waals surface area contributed by atoms with Gasteiger partial charge in [0, 0.05) is 92.2 Å². The smallest absolute Gasteiger partial charge is 0.324 e. The zero-order chi connectivity index (χ0) is 44.0. The molecule has 5 aliphatic rings. The molecule has 0 radical (unpaired) electrons. The van der Waals surface area contributed by atoms with Crippen LogP contribution in [0, 0.1) is 11.3 Å². The van der Waals surface area contributed by atoms with Gasteiger partial charge in [-0.2, -0.15) is 0 Å². The summed E-state index contributed by atoms with van der Waals surface area (Å²) in [7, 11) is 3.33. The SMILES string of the molecule is CCn1c(-c2cccnc2[C@H](C)OC)c2c3cc(ccc31)-c1csc(n1)C[C@H](NC(=O)[C@H](C(C)C)N(C)C(=O)N1CC3CC(C1)O3)C(=O)N1CCC[C@H](N1)C(=O)OCC(C)(C)C2. The number of ether oxygens (including phenoxy) is 3. The molecule has 332 valence electrons. The van der Waals surface area contributed by atoms with Crippen LogP contribution in [0.2, 0.25) is 0 Å². The highest BCUT2D eigenvalue weighted by Gasteiger charge is 2.43. The van der Waals surface area contributed by atoms with E-state index in [1.54, 1.807) is 25.3 Å². The number of morpholine rings is 1. The predicted molar refractivity (Wildman–Crippen MR) is 236 cm³/mol. The number of benzene rings is 1. The molecule has 62 heavy (non-hydrogen) atoms. The van der Waals surface area contributed by atoms with Gasteiger partial charge in [-0.15, -0.1) is 11.3 Å². The van der Waals surface area contributed by atoms with Crippen molar-refractivity contribution in [2.45, 2.75) is 117 Å². The lowest BCUT2D eigenvalue weighted by Crippen LogP contribution is -2.64. The number of urea groups is 1. The average molecular weight is 869 g/mol. The number of fused-ring (bicyclic) bond motifs is 8. The normalized spacial score (nSPS) is 23.6. The monoisotopic (exact) mass is 868 g/mol. The summed E-state index contributed by atoms with van der Waals surface area (Å²) in [6.07, 6.45) is 4.29. The molecule has 16 heteroatoms. The first-order chi connectivity index (χ1) is 29.7. The van der Waals surface area contributed by atoms with Crippen molar-refractivity contribution in [3.8, 4) is 22.5 Å². The largest absolute Gasteiger partial charge is 0.464 e. The molecule has 3 aromatic heterocycles. The molecule has 4 saturated heterocycles. The first-order valence-corrected chi connectivity index (χ1v) is 22.8. The quantitative estimate of drug-likeness (QED) is 0.209. The lowest BCUT2D eigenvalue weighted by Gasteiger charge is -2.48. The van der Waals surface area contributed by atoms with E-state index in [0.717, 1.165) is 51.1 Å². The minimum absolute atomic E-state index is 0.0268. The Morgan fingerprint density at radius 2 is 1.90 bits per heavy atom. The van der Waals surface area contributed by atoms with Gasteiger partial charge in [-0.3, -0.25) is 24.4 Å². The van der Waals surface area contributed by atoms with E-state index in [1.165, 1.54) is 21.2 Å². The van der Waals surface area contributed by atoms with Crippen LogP contribution in [0.3, 0.4) is 0 Å². The van der Waals surface area contributed by atoms with E-state index in [2.05, 4.69) is 60.3 Å². The third-order valence-electron chi connectivity index (χ3n) is 12.8. The fourth-order valence-corrected chi connectivity index (χ4v) is 10.5. The van der Waals surface area contributed by atoms with E-state index in [1.807, 2.05) is 32.2 Å². The molecule has 2 unspecified atom stereocenters. The molecule has 8 bridgehead atoms. The summed E-state index contributed by atoms with van der Waals surface area (Å²) in [5.41, 5.74) is 9.38. The summed E-state index contributed by atoms with van der Waals surface area (Å²) in [6.45, 7) is 14.3. The molecule has 15 nitrogen and oxygen atoms in total. The number of hydrogen-bond donors (Lipinski definition) is 2. The molecule has 5 aliphatic heterocycles. The summed E-state index contributed by atoms with van der Waals surface area (Å²) in [6, 6.07) is 7.56. The second-order valence-electron chi connectivity index (χ2n) is 18.4. The highest BCUT2D eigenvalue weighted by Crippen LogP contribution is 2.42. The molecular formula is C46H60N8O7S. The van der Waals surface area contributed by atoms with Gasteiger partial charge in [-0.25, -0.2) is 15.2 Å². The van der Waals surface area contributed by atoms with E-state index in [-0.39, 0.29) is 43.3 Å². The van der Waals surface area contributed by atoms with Crippen molar-refractivity contribution < 1.29 is 33.4 Å². The molecule has 0 saturated carbocycles. The number of aromatic nitrogens is 3. The van der Waals surface area contributed by atoms with E-state index in [0.29, 0.717) is 50.4 Å². The topological polar surface area (TPSA) is 160 Å². The Balaban J connectivity index is 1.17. The molecule has 0 aliphatic carbocycles. The maximum Gasteiger partial charge on any atom is 0.324 e. The highest BCUT2D eigenvalue weighted by molar-refractivity contribution is 7.10. The molecule has 1 aromatic carbocycles. The standard InChI is InChI=1S/C46H60N8O7S/c1-9-53-37-15-14-28-18-32(37)33(41(53)31-12-10-16-47-39(31)27(4)59-8)21-46(5,6)25-60-44(57)34-13-11-17-54(50-34)43(56)35(20-38-48-36(28)24-62-38)49-42(55)40(26(2)3)51(7)45(58)52-22-29-19-30(23-52)61-29/h10,12,14-16,18,24,26-27,29-30,34-35,40,50H,9,11,13,17,19-23,25H2,1-8H3,(H,49,55)/t27-,29?,30?,34-,35-,40-/m0/s1. The molecule has 9 rings (SSSR count). The first kappa shape index (κ1) is 43.7. The number of pyridine rings is 1. The number of rotatable bonds is 8. The lowest BCUT2D eigenvalue weighted by molar-refractivity contribution is -0.172. The number of cyclic esters (lactones) is 1. The second kappa shape index (κ2) is 17.7. The number of carbonyl (C=O) groups is 4. The number of piperidine rings is 1. The van der Waals surface area contributed by atoms with Crippen LogP contribution < -0.4 is 10.7 Å². The molecule has 8 heterocycles. The van der Waals surface area contributed by atoms with Crippen LogP contribution in [0.4, 0.5) is 4.79 Å². The number of carbonyl (C=O) groups excluding carboxylic acids is 4. The van der Waals surface area contributed by atoms with Gasteiger partial charge < -0.3 is 33.9 Å². The maximum absolute atomic E-state index is 14.6. The van der Waals surface area contributed by atoms with Crippen molar-refractivity contribution in [2.24, 2.45) is 11.3 Å². The van der Waals surface area contributed by atoms with Crippen molar-refractivity contribution in [3.05, 3.63) is 58.2 Å². The number of nitrogens with zero attached hydrogens (tertiary/aromatic N) is 6. The minimum Gasteiger partial charge on any atom is -0.464 e. The Morgan fingerprint density at radius 3 is 2.61 bits per heavy atom. The Hall–Kier alpha value is -4.90. The van der Waals surface area contributed by atoms with Gasteiger partial charge in [0.1, 0.15) is 18.1 Å². The Kier molecular flexibility index (Phi) is 12.5. The van der Waals surface area contributed by atoms with Crippen molar-refractivity contribution in [3.63, 3.8) is 0 Å². The van der Waals surface area contributed by atoms with E-state index in [4.69, 9.17) is 24.2 Å². The molecule has 4 fully saturated rings. The number of hydrazine groups is 1. The van der Waals surface area contributed by atoms with E-state index >= 15 is 0 Å². The lowest BCUT2D eigenvalue weighted by atomic mass is 9.84. The number of likely N-dealkylation sites (N-methyl/N-ethyl adjacent to an activating group) is 1. The predicted octanol–water partition coefficient (Wildman–Crippen LogP) is 5.75. The van der Waals surface area contributed by atoms with Crippen LogP contribution in [-0.4, -0.2) is 124 Å². The molecule has 0 spiro atoms. The Morgan fingerprint density at radius 1 is 1.15 bits per heavy atom. The van der Waals surface area contributed by atoms with Gasteiger partial charge >= 0.3 is 12.0 Å². The van der Waals surface area contributed by atoms with Crippen LogP contribution in [0.15, 0.2) is 41.9 Å². The van der Waals surface area contributed by atoms with Crippen LogP contribution in [0.1, 0.15) is 83.2 Å². The van der Waals surface area contributed by atoms with Crippen LogP contribution in [0.25, 0.3) is 33.4 Å². The third-order valence-corrected chi connectivity index (χ3v) is 13.7. The maximum atomic E-state index is 14.6. The van der Waals surface area contributed by atoms with E-state index < -0.39 is 41.3 Å². The summed E-state index contributed by atoms with van der Waals surface area (Å²) >= 11 is 1.43.